The van der Waals surface area contributed by atoms with Crippen LogP contribution in [0.3, 0.4) is 0 Å². The molecule has 246 valence electrons. The molecule has 16 heteroatoms. The van der Waals surface area contributed by atoms with Gasteiger partial charge in [0.25, 0.3) is 0 Å². The van der Waals surface area contributed by atoms with Gasteiger partial charge in [0.15, 0.2) is 11.6 Å². The highest BCUT2D eigenvalue weighted by molar-refractivity contribution is 8.16. The Kier molecular flexibility index (Phi) is 11.1. The van der Waals surface area contributed by atoms with Crippen molar-refractivity contribution in [2.75, 3.05) is 24.7 Å². The highest BCUT2D eigenvalue weighted by Gasteiger charge is 2.42. The summed E-state index contributed by atoms with van der Waals surface area (Å²) >= 11 is 2.75. The summed E-state index contributed by atoms with van der Waals surface area (Å²) in [7, 11) is 0. The highest BCUT2D eigenvalue weighted by Crippen LogP contribution is 2.47. The second kappa shape index (κ2) is 14.3. The Morgan fingerprint density at radius 2 is 1.29 bits per heavy atom. The van der Waals surface area contributed by atoms with E-state index in [2.05, 4.69) is 9.47 Å². The van der Waals surface area contributed by atoms with E-state index in [1.807, 2.05) is 6.92 Å². The number of rotatable bonds is 11. The summed E-state index contributed by atoms with van der Waals surface area (Å²) in [6, 6.07) is 1.97. The molecule has 0 aliphatic carbocycles. The van der Waals surface area contributed by atoms with Gasteiger partial charge in [-0.25, -0.2) is 26.3 Å². The Morgan fingerprint density at radius 3 is 1.80 bits per heavy atom. The molecule has 0 unspecified atom stereocenters. The van der Waals surface area contributed by atoms with Gasteiger partial charge in [-0.1, -0.05) is 13.3 Å². The molecule has 3 aromatic rings. The van der Waals surface area contributed by atoms with Crippen LogP contribution < -0.4 is 9.47 Å². The largest absolute Gasteiger partial charge is 0.573 e. The van der Waals surface area contributed by atoms with Crippen LogP contribution in [0, 0.1) is 40.8 Å². The third kappa shape index (κ3) is 8.70. The lowest BCUT2D eigenvalue weighted by Crippen LogP contribution is -2.26. The Hall–Kier alpha value is -2.85. The van der Waals surface area contributed by atoms with Crippen molar-refractivity contribution in [1.29, 1.82) is 0 Å². The highest BCUT2D eigenvalue weighted by atomic mass is 32.2. The van der Waals surface area contributed by atoms with Crippen molar-refractivity contribution in [2.24, 2.45) is 5.92 Å². The number of hydrogen-bond donors (Lipinski definition) is 0. The van der Waals surface area contributed by atoms with Gasteiger partial charge in [0.2, 0.25) is 5.75 Å². The van der Waals surface area contributed by atoms with Crippen molar-refractivity contribution >= 4 is 23.5 Å². The van der Waals surface area contributed by atoms with Gasteiger partial charge in [-0.15, -0.1) is 36.7 Å². The average molecular weight is 693 g/mol. The van der Waals surface area contributed by atoms with Gasteiger partial charge in [-0.05, 0) is 41.8 Å². The lowest BCUT2D eigenvalue weighted by molar-refractivity contribution is -0.276. The van der Waals surface area contributed by atoms with E-state index < -0.39 is 80.1 Å². The summed E-state index contributed by atoms with van der Waals surface area (Å²) in [6.07, 6.45) is -8.35. The molecule has 3 aromatic carbocycles. The van der Waals surface area contributed by atoms with E-state index in [-0.39, 0.29) is 35.7 Å². The van der Waals surface area contributed by atoms with E-state index in [1.54, 1.807) is 0 Å². The molecule has 0 radical (unpaired) electrons. The minimum Gasteiger partial charge on any atom is -0.429 e. The first-order valence-electron chi connectivity index (χ1n) is 13.2. The Balaban J connectivity index is 1.50. The van der Waals surface area contributed by atoms with E-state index in [9.17, 15) is 48.3 Å². The van der Waals surface area contributed by atoms with Gasteiger partial charge in [-0.3, -0.25) is 0 Å². The summed E-state index contributed by atoms with van der Waals surface area (Å²) in [6.45, 7) is 3.18. The van der Waals surface area contributed by atoms with Crippen LogP contribution in [-0.2, 0) is 10.8 Å². The van der Waals surface area contributed by atoms with E-state index in [4.69, 9.17) is 4.74 Å². The molecule has 1 heterocycles. The number of thioether (sulfide) groups is 2. The minimum absolute atomic E-state index is 0.0949. The molecule has 1 saturated heterocycles. The maximum absolute atomic E-state index is 15.0. The number of hydrogen-bond acceptors (Lipinski definition) is 5. The zero-order chi connectivity index (χ0) is 33.1. The maximum atomic E-state index is 15.0. The van der Waals surface area contributed by atoms with E-state index in [0.717, 1.165) is 25.0 Å². The van der Waals surface area contributed by atoms with Gasteiger partial charge in [0.05, 0.1) is 16.8 Å². The quantitative estimate of drug-likeness (QED) is 0.147. The van der Waals surface area contributed by atoms with Gasteiger partial charge in [0.1, 0.15) is 34.6 Å². The molecule has 0 amide bonds. The number of halogens is 11. The van der Waals surface area contributed by atoms with Crippen LogP contribution in [0.25, 0.3) is 11.1 Å². The van der Waals surface area contributed by atoms with Crippen molar-refractivity contribution in [2.45, 2.75) is 36.8 Å². The second-order valence-corrected chi connectivity index (χ2v) is 12.4. The lowest BCUT2D eigenvalue weighted by Gasteiger charge is -2.28. The lowest BCUT2D eigenvalue weighted by atomic mass is 10.0. The van der Waals surface area contributed by atoms with Gasteiger partial charge >= 0.3 is 12.5 Å². The topological polar surface area (TPSA) is 27.7 Å². The first-order chi connectivity index (χ1) is 21.1. The number of alkyl halides is 5. The predicted octanol–water partition coefficient (Wildman–Crippen LogP) is 10.1. The van der Waals surface area contributed by atoms with Gasteiger partial charge in [0, 0.05) is 36.2 Å². The summed E-state index contributed by atoms with van der Waals surface area (Å²) < 4.78 is 167. The molecule has 0 aromatic heterocycles. The second-order valence-electron chi connectivity index (χ2n) is 9.85. The third-order valence-electron chi connectivity index (χ3n) is 6.36. The van der Waals surface area contributed by atoms with Crippen LogP contribution in [0.5, 0.6) is 11.5 Å². The van der Waals surface area contributed by atoms with Gasteiger partial charge < -0.3 is 14.2 Å². The molecular weight excluding hydrogens is 669 g/mol. The number of ether oxygens (including phenoxy) is 3. The number of unbranched alkanes of at least 4 members (excludes halogenated alkanes) is 1. The van der Waals surface area contributed by atoms with Crippen molar-refractivity contribution < 1.29 is 62.5 Å². The monoisotopic (exact) mass is 692 g/mol. The summed E-state index contributed by atoms with van der Waals surface area (Å²) in [5.41, 5.74) is -3.90. The fourth-order valence-corrected chi connectivity index (χ4v) is 7.32. The zero-order valence-electron chi connectivity index (χ0n) is 23.1. The zero-order valence-corrected chi connectivity index (χ0v) is 24.7. The predicted molar refractivity (Wildman–Crippen MR) is 146 cm³/mol. The molecular formula is C29H23F11O3S2. The van der Waals surface area contributed by atoms with Crippen LogP contribution in [0.15, 0.2) is 36.4 Å². The third-order valence-corrected chi connectivity index (χ3v) is 9.65. The van der Waals surface area contributed by atoms with Crippen molar-refractivity contribution in [3.8, 4) is 22.6 Å². The van der Waals surface area contributed by atoms with E-state index in [1.165, 1.54) is 23.5 Å². The molecule has 45 heavy (non-hydrogen) atoms. The molecule has 3 nitrogen and oxygen atoms in total. The Labute approximate surface area is 258 Å². The van der Waals surface area contributed by atoms with Crippen LogP contribution in [-0.4, -0.2) is 31.1 Å². The smallest absolute Gasteiger partial charge is 0.429 e. The Bertz CT molecular complexity index is 1440. The SMILES string of the molecule is CCCCOCC1CSC(c2cc(F)c(C(F)(F)Oc3cc(F)c(-c4cc(F)c(OC(F)(F)F)c(F)c4)c(F)c3)c(F)c2)SC1. The van der Waals surface area contributed by atoms with Crippen molar-refractivity contribution in [3.05, 3.63) is 82.4 Å². The molecule has 4 rings (SSSR count). The molecule has 1 aliphatic rings. The normalized spacial score (nSPS) is 17.4. The fourth-order valence-electron chi connectivity index (χ4n) is 4.34. The summed E-state index contributed by atoms with van der Waals surface area (Å²) in [5, 5.41) is 0. The summed E-state index contributed by atoms with van der Waals surface area (Å²) in [5.74, 6) is -12.5. The molecule has 0 N–H and O–H groups in total. The minimum atomic E-state index is -5.48. The molecule has 1 fully saturated rings. The van der Waals surface area contributed by atoms with E-state index in [0.29, 0.717) is 24.7 Å². The van der Waals surface area contributed by atoms with Crippen molar-refractivity contribution in [3.63, 3.8) is 0 Å². The van der Waals surface area contributed by atoms with Crippen LogP contribution in [0.1, 0.15) is 35.5 Å². The average Bonchev–Trinajstić information content (AvgIpc) is 2.92. The van der Waals surface area contributed by atoms with E-state index >= 15 is 0 Å². The molecule has 0 saturated carbocycles. The Morgan fingerprint density at radius 1 is 0.733 bits per heavy atom. The first-order valence-corrected chi connectivity index (χ1v) is 15.3. The van der Waals surface area contributed by atoms with Crippen LogP contribution >= 0.6 is 23.5 Å². The molecule has 1 aliphatic heterocycles. The molecule has 0 atom stereocenters. The van der Waals surface area contributed by atoms with Crippen LogP contribution in [0.4, 0.5) is 48.3 Å². The molecule has 0 bridgehead atoms. The summed E-state index contributed by atoms with van der Waals surface area (Å²) in [4.78, 5) is 0. The number of benzene rings is 3. The first kappa shape index (κ1) is 35.0. The van der Waals surface area contributed by atoms with Crippen molar-refractivity contribution in [1.82, 2.24) is 0 Å². The van der Waals surface area contributed by atoms with Crippen LogP contribution in [0.2, 0.25) is 0 Å². The molecule has 0 spiro atoms. The fraction of sp³-hybridized carbons (Fsp3) is 0.379. The van der Waals surface area contributed by atoms with Gasteiger partial charge in [-0.2, -0.15) is 8.78 Å². The standard InChI is InChI=1S/C29H23F11O3S2/c1-2-3-4-41-11-14-12-44-27(45-13-14)16-7-20(32)25(21(33)8-16)28(36,37)42-17-9-18(30)24(19(31)10-17)15-5-22(34)26(23(35)6-15)43-29(38,39)40/h5-10,14,27H,2-4,11-13H2,1H3. The maximum Gasteiger partial charge on any atom is 0.573 e.